The molecule has 0 saturated heterocycles. The van der Waals surface area contributed by atoms with Crippen LogP contribution < -0.4 is 11.5 Å². The highest BCUT2D eigenvalue weighted by Crippen LogP contribution is 2.21. The smallest absolute Gasteiger partial charge is 0.240 e. The van der Waals surface area contributed by atoms with Crippen LogP contribution in [0.4, 0.5) is 0 Å². The van der Waals surface area contributed by atoms with Gasteiger partial charge in [-0.25, -0.2) is 0 Å². The fraction of sp³-hybridized carbons (Fsp3) is 0.400. The maximum Gasteiger partial charge on any atom is 0.240 e. The minimum absolute atomic E-state index is 0.128. The van der Waals surface area contributed by atoms with Crippen molar-refractivity contribution in [3.05, 3.63) is 20.8 Å². The summed E-state index contributed by atoms with van der Waals surface area (Å²) < 4.78 is 1.01. The first-order valence-corrected chi connectivity index (χ1v) is 6.59. The summed E-state index contributed by atoms with van der Waals surface area (Å²) in [6.07, 6.45) is -0.128. The molecule has 5 nitrogen and oxygen atoms in total. The molecule has 1 aromatic rings. The van der Waals surface area contributed by atoms with E-state index in [2.05, 4.69) is 15.9 Å². The normalized spacial score (nSPS) is 12.2. The van der Waals surface area contributed by atoms with Crippen LogP contribution in [-0.4, -0.2) is 29.8 Å². The molecule has 1 unspecified atom stereocenters. The highest BCUT2D eigenvalue weighted by Gasteiger charge is 2.20. The summed E-state index contributed by atoms with van der Waals surface area (Å²) in [5.74, 6) is -0.858. The highest BCUT2D eigenvalue weighted by atomic mass is 79.9. The van der Waals surface area contributed by atoms with Crippen LogP contribution in [0.15, 0.2) is 15.2 Å². The molecule has 0 aliphatic rings. The number of rotatable bonds is 5. The number of hydrogen-bond donors (Lipinski definition) is 2. The van der Waals surface area contributed by atoms with Crippen LogP contribution in [0.1, 0.15) is 12.0 Å². The van der Waals surface area contributed by atoms with E-state index in [9.17, 15) is 9.59 Å². The van der Waals surface area contributed by atoms with Gasteiger partial charge in [-0.05, 0) is 32.9 Å². The maximum absolute atomic E-state index is 11.8. The third-order valence-corrected chi connectivity index (χ3v) is 3.71. The molecule has 0 spiro atoms. The van der Waals surface area contributed by atoms with Gasteiger partial charge in [0, 0.05) is 13.6 Å². The molecular formula is C10H14BrN3O2S. The van der Waals surface area contributed by atoms with Crippen molar-refractivity contribution in [2.75, 3.05) is 7.05 Å². The Morgan fingerprint density at radius 3 is 2.71 bits per heavy atom. The molecule has 0 fully saturated rings. The van der Waals surface area contributed by atoms with E-state index in [1.54, 1.807) is 18.4 Å². The molecule has 1 atom stereocenters. The van der Waals surface area contributed by atoms with E-state index in [1.807, 2.05) is 11.4 Å². The lowest BCUT2D eigenvalue weighted by molar-refractivity contribution is -0.133. The Morgan fingerprint density at radius 1 is 1.59 bits per heavy atom. The average molecular weight is 320 g/mol. The monoisotopic (exact) mass is 319 g/mol. The van der Waals surface area contributed by atoms with Crippen LogP contribution in [0, 0.1) is 0 Å². The largest absolute Gasteiger partial charge is 0.370 e. The van der Waals surface area contributed by atoms with Gasteiger partial charge in [-0.2, -0.15) is 0 Å². The zero-order chi connectivity index (χ0) is 13.0. The van der Waals surface area contributed by atoms with Gasteiger partial charge in [0.15, 0.2) is 0 Å². The summed E-state index contributed by atoms with van der Waals surface area (Å²) in [7, 11) is 1.65. The number of nitrogens with two attached hydrogens (primary N) is 2. The first-order valence-electron chi connectivity index (χ1n) is 4.92. The van der Waals surface area contributed by atoms with Crippen LogP contribution in [0.5, 0.6) is 0 Å². The number of amides is 2. The third-order valence-electron chi connectivity index (χ3n) is 2.16. The molecule has 4 N–H and O–H groups in total. The van der Waals surface area contributed by atoms with E-state index in [1.165, 1.54) is 4.90 Å². The van der Waals surface area contributed by atoms with Gasteiger partial charge in [-0.15, -0.1) is 11.3 Å². The molecule has 0 radical (unpaired) electrons. The molecule has 1 aromatic heterocycles. The predicted octanol–water partition coefficient (Wildman–Crippen LogP) is 0.672. The maximum atomic E-state index is 11.8. The van der Waals surface area contributed by atoms with Crippen LogP contribution in [-0.2, 0) is 16.1 Å². The lowest BCUT2D eigenvalue weighted by Gasteiger charge is -2.20. The first-order chi connectivity index (χ1) is 7.90. The molecule has 1 rings (SSSR count). The molecule has 2 amide bonds. The summed E-state index contributed by atoms with van der Waals surface area (Å²) in [4.78, 5) is 23.9. The molecule has 0 aliphatic heterocycles. The molecule has 0 aliphatic carbocycles. The molecule has 7 heteroatoms. The van der Waals surface area contributed by atoms with Crippen molar-refractivity contribution < 1.29 is 9.59 Å². The third kappa shape index (κ3) is 4.45. The lowest BCUT2D eigenvalue weighted by atomic mass is 10.2. The van der Waals surface area contributed by atoms with Crippen LogP contribution in [0.2, 0.25) is 0 Å². The van der Waals surface area contributed by atoms with Crippen molar-refractivity contribution in [3.8, 4) is 0 Å². The minimum Gasteiger partial charge on any atom is -0.370 e. The Labute approximate surface area is 112 Å². The van der Waals surface area contributed by atoms with Crippen LogP contribution >= 0.6 is 27.3 Å². The molecule has 0 aromatic carbocycles. The predicted molar refractivity (Wildman–Crippen MR) is 70.3 cm³/mol. The summed E-state index contributed by atoms with van der Waals surface area (Å²) in [6.45, 7) is 0.466. The van der Waals surface area contributed by atoms with Gasteiger partial charge in [0.05, 0.1) is 16.2 Å². The molecule has 17 heavy (non-hydrogen) atoms. The van der Waals surface area contributed by atoms with Crippen molar-refractivity contribution in [3.63, 3.8) is 0 Å². The van der Waals surface area contributed by atoms with E-state index in [-0.39, 0.29) is 12.3 Å². The van der Waals surface area contributed by atoms with Gasteiger partial charge in [0.2, 0.25) is 11.8 Å². The second-order valence-electron chi connectivity index (χ2n) is 3.73. The van der Waals surface area contributed by atoms with Gasteiger partial charge < -0.3 is 16.4 Å². The summed E-state index contributed by atoms with van der Waals surface area (Å²) in [6, 6.07) is 1.08. The van der Waals surface area contributed by atoms with Crippen molar-refractivity contribution >= 4 is 39.1 Å². The molecule has 0 bridgehead atoms. The van der Waals surface area contributed by atoms with Crippen molar-refractivity contribution in [2.24, 2.45) is 11.5 Å². The Kier molecular flexibility index (Phi) is 5.10. The molecular weight excluding hydrogens is 306 g/mol. The average Bonchev–Trinajstić information content (AvgIpc) is 2.61. The van der Waals surface area contributed by atoms with Crippen molar-refractivity contribution in [1.29, 1.82) is 0 Å². The number of primary amides is 1. The molecule has 0 saturated carbocycles. The van der Waals surface area contributed by atoms with Crippen molar-refractivity contribution in [2.45, 2.75) is 19.0 Å². The number of likely N-dealkylation sites (N-methyl/N-ethyl adjacent to an activating group) is 1. The van der Waals surface area contributed by atoms with Gasteiger partial charge in [0.25, 0.3) is 0 Å². The molecule has 94 valence electrons. The van der Waals surface area contributed by atoms with Crippen LogP contribution in [0.25, 0.3) is 0 Å². The Bertz CT molecular complexity index is 421. The number of carbonyl (C=O) groups excluding carboxylic acids is 2. The number of hydrogen-bond acceptors (Lipinski definition) is 4. The van der Waals surface area contributed by atoms with Gasteiger partial charge in [-0.1, -0.05) is 0 Å². The quantitative estimate of drug-likeness (QED) is 0.836. The summed E-state index contributed by atoms with van der Waals surface area (Å²) in [5.41, 5.74) is 11.6. The van der Waals surface area contributed by atoms with E-state index >= 15 is 0 Å². The van der Waals surface area contributed by atoms with Gasteiger partial charge >= 0.3 is 0 Å². The van der Waals surface area contributed by atoms with E-state index in [4.69, 9.17) is 11.5 Å². The topological polar surface area (TPSA) is 89.4 Å². The number of carbonyl (C=O) groups is 2. The highest BCUT2D eigenvalue weighted by molar-refractivity contribution is 9.11. The zero-order valence-electron chi connectivity index (χ0n) is 9.35. The van der Waals surface area contributed by atoms with Crippen molar-refractivity contribution in [1.82, 2.24) is 4.90 Å². The number of halogens is 1. The van der Waals surface area contributed by atoms with Crippen LogP contribution in [0.3, 0.4) is 0 Å². The standard InChI is InChI=1S/C10H14BrN3O2S/c1-14(4-6-2-8(11)17-5-6)10(16)7(12)3-9(13)15/h2,5,7H,3-4,12H2,1H3,(H2,13,15). The summed E-state index contributed by atoms with van der Waals surface area (Å²) >= 11 is 4.90. The van der Waals surface area contributed by atoms with Gasteiger partial charge in [0.1, 0.15) is 0 Å². The fourth-order valence-electron chi connectivity index (χ4n) is 1.37. The SMILES string of the molecule is CN(Cc1csc(Br)c1)C(=O)C(N)CC(N)=O. The van der Waals surface area contributed by atoms with E-state index in [0.717, 1.165) is 9.35 Å². The van der Waals surface area contributed by atoms with E-state index < -0.39 is 11.9 Å². The summed E-state index contributed by atoms with van der Waals surface area (Å²) in [5, 5.41) is 1.95. The van der Waals surface area contributed by atoms with E-state index in [0.29, 0.717) is 6.54 Å². The first kappa shape index (κ1) is 14.1. The fourth-order valence-corrected chi connectivity index (χ4v) is 2.57. The Morgan fingerprint density at radius 2 is 2.24 bits per heavy atom. The minimum atomic E-state index is -0.862. The number of thiophene rings is 1. The second-order valence-corrected chi connectivity index (χ2v) is 6.02. The van der Waals surface area contributed by atoms with Gasteiger partial charge in [-0.3, -0.25) is 9.59 Å². The molecule has 1 heterocycles. The number of nitrogens with zero attached hydrogens (tertiary/aromatic N) is 1. The Balaban J connectivity index is 2.55. The second kappa shape index (κ2) is 6.13. The Hall–Kier alpha value is -0.920. The lowest BCUT2D eigenvalue weighted by Crippen LogP contribution is -2.43. The zero-order valence-corrected chi connectivity index (χ0v) is 11.8.